The number of aromatic nitrogens is 3. The van der Waals surface area contributed by atoms with Gasteiger partial charge >= 0.3 is 0 Å². The highest BCUT2D eigenvalue weighted by molar-refractivity contribution is 5.52. The van der Waals surface area contributed by atoms with E-state index >= 15 is 0 Å². The Kier molecular flexibility index (Phi) is 4.24. The van der Waals surface area contributed by atoms with E-state index in [9.17, 15) is 0 Å². The zero-order chi connectivity index (χ0) is 14.7. The van der Waals surface area contributed by atoms with Gasteiger partial charge in [0.25, 0.3) is 0 Å². The number of aryl methyl sites for hydroxylation is 1. The van der Waals surface area contributed by atoms with Gasteiger partial charge in [-0.2, -0.15) is 0 Å². The van der Waals surface area contributed by atoms with Crippen LogP contribution < -0.4 is 10.2 Å². The molecule has 6 heteroatoms. The molecule has 0 aliphatic heterocycles. The standard InChI is InChI=1S/C14H20N4O2/c1-9(2)13-14(17-20-5)18(10(3)16-13)11-6-7-15-12(8-11)19-4/h6-9,17H,1-5H3. The number of pyridine rings is 1. The third-order valence-corrected chi connectivity index (χ3v) is 3.00. The van der Waals surface area contributed by atoms with Crippen LogP contribution in [0.3, 0.4) is 0 Å². The number of anilines is 1. The highest BCUT2D eigenvalue weighted by atomic mass is 16.6. The first-order chi connectivity index (χ1) is 9.58. The lowest BCUT2D eigenvalue weighted by Gasteiger charge is -2.13. The molecule has 0 fully saturated rings. The minimum Gasteiger partial charge on any atom is -0.481 e. The lowest BCUT2D eigenvalue weighted by atomic mass is 10.1. The van der Waals surface area contributed by atoms with Gasteiger partial charge in [0.2, 0.25) is 5.88 Å². The Morgan fingerprint density at radius 1 is 1.30 bits per heavy atom. The molecular weight excluding hydrogens is 256 g/mol. The Hall–Kier alpha value is -2.08. The molecule has 2 rings (SSSR count). The number of imidazole rings is 1. The predicted octanol–water partition coefficient (Wildman–Crippen LogP) is 2.68. The SMILES string of the molecule is CONc1c(C(C)C)nc(C)n1-c1ccnc(OC)c1. The lowest BCUT2D eigenvalue weighted by Crippen LogP contribution is -2.07. The van der Waals surface area contributed by atoms with Gasteiger partial charge in [0.15, 0.2) is 5.82 Å². The highest BCUT2D eigenvalue weighted by Gasteiger charge is 2.18. The van der Waals surface area contributed by atoms with Gasteiger partial charge < -0.3 is 4.74 Å². The van der Waals surface area contributed by atoms with Crippen molar-refractivity contribution in [3.8, 4) is 11.6 Å². The van der Waals surface area contributed by atoms with Gasteiger partial charge in [0.1, 0.15) is 5.82 Å². The van der Waals surface area contributed by atoms with E-state index in [4.69, 9.17) is 9.57 Å². The number of nitrogens with one attached hydrogen (secondary N) is 1. The maximum absolute atomic E-state index is 5.17. The van der Waals surface area contributed by atoms with Crippen molar-refractivity contribution < 1.29 is 9.57 Å². The first-order valence-corrected chi connectivity index (χ1v) is 6.47. The lowest BCUT2D eigenvalue weighted by molar-refractivity contribution is 0.267. The molecule has 6 nitrogen and oxygen atoms in total. The average Bonchev–Trinajstić information content (AvgIpc) is 2.76. The first kappa shape index (κ1) is 14.3. The van der Waals surface area contributed by atoms with Crippen LogP contribution in [0.15, 0.2) is 18.3 Å². The maximum Gasteiger partial charge on any atom is 0.215 e. The summed E-state index contributed by atoms with van der Waals surface area (Å²) in [6, 6.07) is 3.77. The number of methoxy groups -OCH3 is 1. The molecule has 0 spiro atoms. The number of rotatable bonds is 5. The van der Waals surface area contributed by atoms with Crippen molar-refractivity contribution in [2.24, 2.45) is 0 Å². The molecule has 2 heterocycles. The molecule has 0 aliphatic carbocycles. The molecule has 0 bridgehead atoms. The summed E-state index contributed by atoms with van der Waals surface area (Å²) in [7, 11) is 3.19. The molecule has 0 saturated carbocycles. The third kappa shape index (κ3) is 2.60. The second-order valence-corrected chi connectivity index (χ2v) is 4.75. The van der Waals surface area contributed by atoms with Crippen LogP contribution in [0.1, 0.15) is 31.3 Å². The van der Waals surface area contributed by atoms with Crippen molar-refractivity contribution in [1.29, 1.82) is 0 Å². The Balaban J connectivity index is 2.59. The summed E-state index contributed by atoms with van der Waals surface area (Å²) in [6.45, 7) is 6.15. The van der Waals surface area contributed by atoms with Crippen molar-refractivity contribution in [3.63, 3.8) is 0 Å². The van der Waals surface area contributed by atoms with Crippen LogP contribution in [0.4, 0.5) is 5.82 Å². The molecule has 0 aliphatic rings. The smallest absolute Gasteiger partial charge is 0.215 e. The van der Waals surface area contributed by atoms with Gasteiger partial charge in [-0.25, -0.2) is 15.4 Å². The van der Waals surface area contributed by atoms with Gasteiger partial charge in [-0.05, 0) is 18.9 Å². The summed E-state index contributed by atoms with van der Waals surface area (Å²) in [5.74, 6) is 2.55. The average molecular weight is 276 g/mol. The van der Waals surface area contributed by atoms with E-state index < -0.39 is 0 Å². The van der Waals surface area contributed by atoms with Crippen molar-refractivity contribution in [2.45, 2.75) is 26.7 Å². The molecule has 0 saturated heterocycles. The quantitative estimate of drug-likeness (QED) is 0.851. The van der Waals surface area contributed by atoms with E-state index in [2.05, 4.69) is 29.3 Å². The van der Waals surface area contributed by atoms with Crippen molar-refractivity contribution >= 4 is 5.82 Å². The molecule has 1 N–H and O–H groups in total. The molecule has 0 radical (unpaired) electrons. The van der Waals surface area contributed by atoms with E-state index in [1.165, 1.54) is 0 Å². The fraction of sp³-hybridized carbons (Fsp3) is 0.429. The topological polar surface area (TPSA) is 61.2 Å². The molecule has 108 valence electrons. The number of hydrogen-bond acceptors (Lipinski definition) is 5. The fourth-order valence-electron chi connectivity index (χ4n) is 2.12. The second kappa shape index (κ2) is 5.92. The molecule has 2 aromatic rings. The number of ether oxygens (including phenoxy) is 1. The Morgan fingerprint density at radius 3 is 2.65 bits per heavy atom. The molecular formula is C14H20N4O2. The molecule has 0 unspecified atom stereocenters. The van der Waals surface area contributed by atoms with Crippen LogP contribution >= 0.6 is 0 Å². The monoisotopic (exact) mass is 276 g/mol. The largest absolute Gasteiger partial charge is 0.481 e. The van der Waals surface area contributed by atoms with E-state index in [-0.39, 0.29) is 5.92 Å². The molecule has 0 amide bonds. The number of hydrogen-bond donors (Lipinski definition) is 1. The van der Waals surface area contributed by atoms with Crippen LogP contribution in [-0.2, 0) is 4.84 Å². The summed E-state index contributed by atoms with van der Waals surface area (Å²) < 4.78 is 7.16. The minimum absolute atomic E-state index is 0.288. The molecule has 0 aromatic carbocycles. The van der Waals surface area contributed by atoms with Crippen molar-refractivity contribution in [2.75, 3.05) is 19.7 Å². The van der Waals surface area contributed by atoms with Crippen LogP contribution in [0, 0.1) is 6.92 Å². The first-order valence-electron chi connectivity index (χ1n) is 6.47. The van der Waals surface area contributed by atoms with Crippen molar-refractivity contribution in [3.05, 3.63) is 29.8 Å². The van der Waals surface area contributed by atoms with Crippen LogP contribution in [0.2, 0.25) is 0 Å². The second-order valence-electron chi connectivity index (χ2n) is 4.75. The van der Waals surface area contributed by atoms with Crippen LogP contribution in [0.25, 0.3) is 5.69 Å². The van der Waals surface area contributed by atoms with E-state index in [0.29, 0.717) is 5.88 Å². The Bertz CT molecular complexity index is 593. The zero-order valence-electron chi connectivity index (χ0n) is 12.5. The highest BCUT2D eigenvalue weighted by Crippen LogP contribution is 2.29. The van der Waals surface area contributed by atoms with E-state index in [0.717, 1.165) is 23.0 Å². The minimum atomic E-state index is 0.288. The summed E-state index contributed by atoms with van der Waals surface area (Å²) in [5.41, 5.74) is 4.80. The Morgan fingerprint density at radius 2 is 2.05 bits per heavy atom. The normalized spacial score (nSPS) is 10.9. The van der Waals surface area contributed by atoms with Gasteiger partial charge in [-0.15, -0.1) is 0 Å². The Labute approximate surface area is 118 Å². The molecule has 0 atom stereocenters. The summed E-state index contributed by atoms with van der Waals surface area (Å²) in [6.07, 6.45) is 1.71. The predicted molar refractivity (Wildman–Crippen MR) is 77.4 cm³/mol. The molecule has 2 aromatic heterocycles. The van der Waals surface area contributed by atoms with E-state index in [1.807, 2.05) is 23.6 Å². The summed E-state index contributed by atoms with van der Waals surface area (Å²) in [4.78, 5) is 13.8. The summed E-state index contributed by atoms with van der Waals surface area (Å²) in [5, 5.41) is 0. The zero-order valence-corrected chi connectivity index (χ0v) is 12.5. The van der Waals surface area contributed by atoms with Gasteiger partial charge in [0.05, 0.1) is 25.6 Å². The van der Waals surface area contributed by atoms with Crippen LogP contribution in [0.5, 0.6) is 5.88 Å². The third-order valence-electron chi connectivity index (χ3n) is 3.00. The number of nitrogens with zero attached hydrogens (tertiary/aromatic N) is 3. The van der Waals surface area contributed by atoms with Gasteiger partial charge in [-0.3, -0.25) is 9.40 Å². The van der Waals surface area contributed by atoms with Gasteiger partial charge in [0, 0.05) is 12.3 Å². The van der Waals surface area contributed by atoms with Gasteiger partial charge in [-0.1, -0.05) is 13.8 Å². The molecule has 20 heavy (non-hydrogen) atoms. The van der Waals surface area contributed by atoms with Crippen LogP contribution in [-0.4, -0.2) is 28.8 Å². The maximum atomic E-state index is 5.17. The summed E-state index contributed by atoms with van der Waals surface area (Å²) >= 11 is 0. The van der Waals surface area contributed by atoms with Crippen molar-refractivity contribution in [1.82, 2.24) is 14.5 Å². The fourth-order valence-corrected chi connectivity index (χ4v) is 2.12. The van der Waals surface area contributed by atoms with E-state index in [1.54, 1.807) is 20.4 Å².